The van der Waals surface area contributed by atoms with E-state index in [2.05, 4.69) is 38.1 Å². The summed E-state index contributed by atoms with van der Waals surface area (Å²) in [4.78, 5) is 2.17. The summed E-state index contributed by atoms with van der Waals surface area (Å²) in [5.41, 5.74) is 2.12. The Hall–Kier alpha value is -0.835. The molecule has 0 aliphatic heterocycles. The molecule has 1 aromatic rings. The molecule has 3 nitrogen and oxygen atoms in total. The second-order valence-corrected chi connectivity index (χ2v) is 3.31. The Morgan fingerprint density at radius 3 is 1.86 bits per heavy atom. The topological polar surface area (TPSA) is 63.2 Å². The minimum absolute atomic E-state index is 0. The Bertz CT molecular complexity index is 249. The van der Waals surface area contributed by atoms with E-state index in [0.29, 0.717) is 6.04 Å². The van der Waals surface area contributed by atoms with Crippen molar-refractivity contribution in [3.63, 3.8) is 0 Å². The van der Waals surface area contributed by atoms with Gasteiger partial charge in [0.05, 0.1) is 0 Å². The zero-order valence-corrected chi connectivity index (χ0v) is 8.81. The number of hydrogen-bond donors (Lipinski definition) is 0. The summed E-state index contributed by atoms with van der Waals surface area (Å²) in [5, 5.41) is 0. The number of benzene rings is 1. The SMILES string of the molecule is [B+2]c1ccc(C(C)N(C)C)cc1.[OH-].[OH-]. The molecule has 1 unspecified atom stereocenters. The molecule has 0 bridgehead atoms. The van der Waals surface area contributed by atoms with Crippen LogP contribution < -0.4 is 5.46 Å². The summed E-state index contributed by atoms with van der Waals surface area (Å²) >= 11 is 0. The average Bonchev–Trinajstić information content (AvgIpc) is 2.04. The smallest absolute Gasteiger partial charge is 0.870 e. The van der Waals surface area contributed by atoms with Crippen LogP contribution in [0.15, 0.2) is 24.3 Å². The number of hydrogen-bond acceptors (Lipinski definition) is 3. The van der Waals surface area contributed by atoms with Crippen LogP contribution in [0.2, 0.25) is 0 Å². The van der Waals surface area contributed by atoms with Gasteiger partial charge in [-0.15, -0.1) is 0 Å². The fourth-order valence-corrected chi connectivity index (χ4v) is 1.07. The van der Waals surface area contributed by atoms with Gasteiger partial charge in [0.2, 0.25) is 0 Å². The van der Waals surface area contributed by atoms with E-state index in [-0.39, 0.29) is 11.0 Å². The van der Waals surface area contributed by atoms with Crippen LogP contribution in [0.5, 0.6) is 0 Å². The minimum Gasteiger partial charge on any atom is -0.870 e. The van der Waals surface area contributed by atoms with Crippen LogP contribution in [0.3, 0.4) is 0 Å². The maximum atomic E-state index is 5.59. The van der Waals surface area contributed by atoms with Crippen LogP contribution in [0.1, 0.15) is 18.5 Å². The van der Waals surface area contributed by atoms with Gasteiger partial charge < -0.3 is 11.0 Å². The molecule has 1 aromatic carbocycles. The molecule has 0 saturated heterocycles. The van der Waals surface area contributed by atoms with E-state index in [0.717, 1.165) is 5.46 Å². The van der Waals surface area contributed by atoms with Crippen LogP contribution in [-0.4, -0.2) is 37.8 Å². The summed E-state index contributed by atoms with van der Waals surface area (Å²) in [6.07, 6.45) is 0. The fourth-order valence-electron chi connectivity index (χ4n) is 1.07. The first kappa shape index (κ1) is 15.6. The predicted octanol–water partition coefficient (Wildman–Crippen LogP) is 0.749. The van der Waals surface area contributed by atoms with Crippen molar-refractivity contribution in [2.24, 2.45) is 0 Å². The number of rotatable bonds is 2. The molecule has 0 amide bonds. The molecule has 1 rings (SSSR count). The molecule has 76 valence electrons. The largest absolute Gasteiger partial charge is 0.870 e. The van der Waals surface area contributed by atoms with Gasteiger partial charge >= 0.3 is 75.1 Å². The zero-order valence-electron chi connectivity index (χ0n) is 8.81. The van der Waals surface area contributed by atoms with Crippen LogP contribution in [0.4, 0.5) is 0 Å². The van der Waals surface area contributed by atoms with Crippen molar-refractivity contribution in [3.8, 4) is 0 Å². The van der Waals surface area contributed by atoms with Gasteiger partial charge in [-0.25, -0.2) is 0 Å². The molecular formula is C10H16BNO2. The molecule has 0 aliphatic rings. The van der Waals surface area contributed by atoms with E-state index in [1.165, 1.54) is 5.56 Å². The van der Waals surface area contributed by atoms with Gasteiger partial charge in [0, 0.05) is 0 Å². The first-order valence-electron chi connectivity index (χ1n) is 4.13. The van der Waals surface area contributed by atoms with Crippen molar-refractivity contribution in [1.82, 2.24) is 4.90 Å². The van der Waals surface area contributed by atoms with Gasteiger partial charge in [0.25, 0.3) is 0 Å². The Morgan fingerprint density at radius 2 is 1.50 bits per heavy atom. The van der Waals surface area contributed by atoms with Crippen LogP contribution in [0, 0.1) is 0 Å². The van der Waals surface area contributed by atoms with Crippen LogP contribution in [0.25, 0.3) is 0 Å². The molecule has 0 fully saturated rings. The molecule has 4 heteroatoms. The first-order valence-corrected chi connectivity index (χ1v) is 4.13. The zero-order chi connectivity index (χ0) is 9.14. The second kappa shape index (κ2) is 6.59. The molecular weight excluding hydrogens is 177 g/mol. The molecule has 14 heavy (non-hydrogen) atoms. The van der Waals surface area contributed by atoms with E-state index in [1.54, 1.807) is 0 Å². The van der Waals surface area contributed by atoms with Crippen molar-refractivity contribution in [2.45, 2.75) is 13.0 Å². The Morgan fingerprint density at radius 1 is 1.07 bits per heavy atom. The van der Waals surface area contributed by atoms with Crippen molar-refractivity contribution in [3.05, 3.63) is 29.8 Å². The summed E-state index contributed by atoms with van der Waals surface area (Å²) < 4.78 is 0. The van der Waals surface area contributed by atoms with Crippen molar-refractivity contribution in [1.29, 1.82) is 0 Å². The quantitative estimate of drug-likeness (QED) is 0.651. The molecule has 0 aliphatic carbocycles. The Kier molecular flexibility index (Phi) is 7.36. The van der Waals surface area contributed by atoms with Gasteiger partial charge in [-0.2, -0.15) is 0 Å². The molecule has 0 spiro atoms. The molecule has 0 aromatic heterocycles. The third kappa shape index (κ3) is 3.92. The average molecular weight is 193 g/mol. The predicted molar refractivity (Wildman–Crippen MR) is 57.8 cm³/mol. The molecule has 0 heterocycles. The Balaban J connectivity index is 0. The van der Waals surface area contributed by atoms with Gasteiger partial charge in [-0.05, 0) is 0 Å². The molecule has 1 atom stereocenters. The molecule has 2 N–H and O–H groups in total. The third-order valence-corrected chi connectivity index (χ3v) is 2.19. The number of nitrogens with zero attached hydrogens (tertiary/aromatic N) is 1. The normalized spacial score (nSPS) is 11.6. The summed E-state index contributed by atoms with van der Waals surface area (Å²) in [5.74, 6) is 0. The minimum atomic E-state index is 0. The Labute approximate surface area is 86.8 Å². The van der Waals surface area contributed by atoms with E-state index >= 15 is 0 Å². The van der Waals surface area contributed by atoms with Gasteiger partial charge in [0.15, 0.2) is 0 Å². The van der Waals surface area contributed by atoms with Gasteiger partial charge in [-0.1, -0.05) is 0 Å². The summed E-state index contributed by atoms with van der Waals surface area (Å²) in [6.45, 7) is 2.17. The fraction of sp³-hybridized carbons (Fsp3) is 0.400. The van der Waals surface area contributed by atoms with E-state index in [9.17, 15) is 0 Å². The monoisotopic (exact) mass is 193 g/mol. The van der Waals surface area contributed by atoms with Gasteiger partial charge in [-0.3, -0.25) is 0 Å². The molecule has 0 radical (unpaired) electrons. The standard InChI is InChI=1S/C10H14BN.2H2O/c1-8(12(2)3)9-4-6-10(11)7-5-9;;/h4-8H,1-3H3;2*1H2/q+2;;/p-2. The summed E-state index contributed by atoms with van der Waals surface area (Å²) in [7, 11) is 9.73. The maximum Gasteiger partial charge on any atom is -0.870 e. The second-order valence-electron chi connectivity index (χ2n) is 3.31. The van der Waals surface area contributed by atoms with E-state index < -0.39 is 0 Å². The van der Waals surface area contributed by atoms with E-state index in [4.69, 9.17) is 7.85 Å². The maximum absolute atomic E-state index is 5.59. The van der Waals surface area contributed by atoms with Crippen LogP contribution >= 0.6 is 0 Å². The van der Waals surface area contributed by atoms with Crippen molar-refractivity contribution < 1.29 is 11.0 Å². The van der Waals surface area contributed by atoms with Gasteiger partial charge in [0.1, 0.15) is 0 Å². The molecule has 0 saturated carbocycles. The van der Waals surface area contributed by atoms with Crippen molar-refractivity contribution >= 4 is 13.3 Å². The van der Waals surface area contributed by atoms with Crippen LogP contribution in [-0.2, 0) is 0 Å². The van der Waals surface area contributed by atoms with E-state index in [1.807, 2.05) is 12.1 Å². The van der Waals surface area contributed by atoms with Crippen molar-refractivity contribution in [2.75, 3.05) is 14.1 Å². The first-order chi connectivity index (χ1) is 5.61. The summed E-state index contributed by atoms with van der Waals surface area (Å²) in [6, 6.07) is 8.47. The third-order valence-electron chi connectivity index (χ3n) is 2.19.